The quantitative estimate of drug-likeness (QED) is 0.0175. The van der Waals surface area contributed by atoms with Crippen LogP contribution in [0.5, 0.6) is 0 Å². The number of amides is 1. The Labute approximate surface area is 754 Å². The van der Waals surface area contributed by atoms with Crippen LogP contribution < -0.4 is 16.8 Å². The van der Waals surface area contributed by atoms with Crippen molar-refractivity contribution >= 4 is 64.5 Å². The van der Waals surface area contributed by atoms with Crippen LogP contribution in [0.3, 0.4) is 0 Å². The summed E-state index contributed by atoms with van der Waals surface area (Å²) >= 11 is 0. The predicted octanol–water partition coefficient (Wildman–Crippen LogP) is 15.0. The molecule has 0 aromatic heterocycles. The molecule has 25 nitrogen and oxygen atoms in total. The Bertz CT molecular complexity index is 4140. The fourth-order valence-corrected chi connectivity index (χ4v) is 13.2. The average Bonchev–Trinajstić information content (AvgIpc) is 1.65. The van der Waals surface area contributed by atoms with Crippen LogP contribution in [0, 0.1) is 65.1 Å². The molecule has 9 rings (SSSR count). The third-order valence-electron chi connectivity index (χ3n) is 21.1. The van der Waals surface area contributed by atoms with Gasteiger partial charge < -0.3 is 69.6 Å². The number of ketones is 6. The summed E-state index contributed by atoms with van der Waals surface area (Å²) in [7, 11) is 6.14. The number of carbonyl (C=O) groups is 11. The van der Waals surface area contributed by atoms with Gasteiger partial charge in [0.05, 0.1) is 76.1 Å². The molecule has 0 aliphatic carbocycles. The number of nitrogens with two attached hydrogens (primary N) is 2. The van der Waals surface area contributed by atoms with Crippen LogP contribution in [0.2, 0.25) is 0 Å². The first-order valence-corrected chi connectivity index (χ1v) is 43.6. The molecule has 1 amide bonds. The van der Waals surface area contributed by atoms with E-state index in [-0.39, 0.29) is 141 Å². The molecule has 3 aliphatic rings. The second-order valence-corrected chi connectivity index (χ2v) is 34.9. The Kier molecular flexibility index (Phi) is 53.7. The number of rotatable bonds is 47. The number of esters is 2. The minimum Gasteiger partial charge on any atom is -0.481 e. The van der Waals surface area contributed by atoms with Gasteiger partial charge in [-0.3, -0.25) is 52.7 Å². The molecule has 6 aromatic rings. The molecule has 0 saturated carbocycles. The smallest absolute Gasteiger partial charge is 0.323 e. The largest absolute Gasteiger partial charge is 0.481 e. The second-order valence-electron chi connectivity index (χ2n) is 34.9. The number of carboxylic acid groups (broad SMARTS) is 2. The number of carbonyl (C=O) groups excluding carboxylic acids is 9. The third-order valence-corrected chi connectivity index (χ3v) is 21.1. The van der Waals surface area contributed by atoms with E-state index in [0.717, 1.165) is 46.2 Å². The highest BCUT2D eigenvalue weighted by Crippen LogP contribution is 2.33. The van der Waals surface area contributed by atoms with Gasteiger partial charge in [-0.05, 0) is 124 Å². The van der Waals surface area contributed by atoms with Gasteiger partial charge in [-0.15, -0.1) is 0 Å². The Morgan fingerprint density at radius 3 is 0.969 bits per heavy atom. The summed E-state index contributed by atoms with van der Waals surface area (Å²) in [6, 6.07) is 55.9. The first-order chi connectivity index (χ1) is 59.6. The number of benzene rings is 6. The van der Waals surface area contributed by atoms with E-state index >= 15 is 0 Å². The number of hydrogen-bond acceptors (Lipinski definition) is 22. The van der Waals surface area contributed by atoms with Gasteiger partial charge in [0, 0.05) is 77.3 Å². The molecule has 702 valence electrons. The minimum absolute atomic E-state index is 0. The van der Waals surface area contributed by atoms with E-state index in [2.05, 4.69) is 37.7 Å². The summed E-state index contributed by atoms with van der Waals surface area (Å²) < 4.78 is 45.8. The van der Waals surface area contributed by atoms with Crippen LogP contribution >= 0.6 is 0 Å². The van der Waals surface area contributed by atoms with Crippen LogP contribution in [0.4, 0.5) is 0 Å². The van der Waals surface area contributed by atoms with Crippen molar-refractivity contribution in [3.8, 4) is 0 Å². The van der Waals surface area contributed by atoms with Crippen molar-refractivity contribution in [1.29, 1.82) is 0 Å². The molecular weight excluding hydrogens is 1620 g/mol. The summed E-state index contributed by atoms with van der Waals surface area (Å²) in [5, 5.41) is 20.4. The van der Waals surface area contributed by atoms with Crippen LogP contribution in [0.1, 0.15) is 176 Å². The molecule has 3 saturated heterocycles. The van der Waals surface area contributed by atoms with E-state index in [9.17, 15) is 57.8 Å². The third kappa shape index (κ3) is 46.2. The highest BCUT2D eigenvalue weighted by Gasteiger charge is 2.51. The van der Waals surface area contributed by atoms with E-state index in [1.165, 1.54) is 14.2 Å². The number of epoxide rings is 3. The van der Waals surface area contributed by atoms with Crippen molar-refractivity contribution in [2.45, 2.75) is 217 Å². The van der Waals surface area contributed by atoms with Crippen molar-refractivity contribution in [2.24, 2.45) is 76.6 Å². The standard InChI is InChI=1S/C24H35NO5.C22H26O4.C16H17NO2.C15H20O4.C10H18O2.C9H17NO2.C5H10O3.CH4/c1-16(2)11-20(22(27)24(4)15-30-24)25-23(28)19(12-18-9-7-6-8-10-18)13-21(26)17(3)14-29-5;1-17(15-25-2)21(23)14-20(13-18-9-5-3-6-10-18)22(24)26-16-19-11-7-4-8-12-19;17-15(11-13-7-3-1-4-8-13)16(18)19-12-14-9-5-2-6-10-14;1-11(10-19-2)14(16)9-13(15(17)18)8-12-6-4-3-5-7-12;1-7(2)5-8(3)9(11)10(4)6-12-10;1-6(2)4-7(10)8(11)9(3)5-12-9;1-4(3-8-2)5(6)7;/h6-10,16-17,19-20H,11-15H2,1-5H3,(H,25,28);3-12,17,20H,13-16H2,1-2H3;1-10,15H,11-12,17H2;3-7,11,13H,8-10H2,1-2H3,(H,17,18);7-8H,5-6H2,1-4H3;6-7H,4-5,10H2,1-3H3;4H,3H2,1-2H3,(H,6,7);1H4/t17-,19+,20-,24+;17-,20+;15-;11-,13+;8-,10+;7-,9+;4-;/m0000000./s1. The summed E-state index contributed by atoms with van der Waals surface area (Å²) in [5.74, 6) is -3.99. The molecule has 0 bridgehead atoms. The Balaban J connectivity index is 0.000000519. The highest BCUT2D eigenvalue weighted by molar-refractivity contribution is 5.98. The molecule has 14 atom stereocenters. The number of nitrogens with one attached hydrogen (secondary N) is 1. The van der Waals surface area contributed by atoms with Crippen LogP contribution in [-0.2, 0) is 134 Å². The Hall–Kier alpha value is -9.67. The first-order valence-electron chi connectivity index (χ1n) is 43.6. The van der Waals surface area contributed by atoms with E-state index in [1.54, 1.807) is 48.8 Å². The van der Waals surface area contributed by atoms with Gasteiger partial charge >= 0.3 is 23.9 Å². The van der Waals surface area contributed by atoms with Crippen LogP contribution in [0.25, 0.3) is 0 Å². The number of methoxy groups -OCH3 is 4. The van der Waals surface area contributed by atoms with Crippen molar-refractivity contribution < 1.29 is 106 Å². The first kappa shape index (κ1) is 113. The van der Waals surface area contributed by atoms with Gasteiger partial charge in [0.25, 0.3) is 0 Å². The van der Waals surface area contributed by atoms with Gasteiger partial charge in [-0.25, -0.2) is 0 Å². The second kappa shape index (κ2) is 60.2. The lowest BCUT2D eigenvalue weighted by molar-refractivity contribution is -0.152. The Morgan fingerprint density at radius 2 is 0.646 bits per heavy atom. The number of aliphatic carboxylic acids is 2. The fraction of sp³-hybridized carbons (Fsp3) is 0.539. The molecule has 127 heavy (non-hydrogen) atoms. The summed E-state index contributed by atoms with van der Waals surface area (Å²) in [6.45, 7) is 30.2. The normalized spacial score (nSPS) is 18.0. The number of Topliss-reactive ketones (excluding diaryl/α,β-unsaturated/α-hetero) is 6. The molecule has 0 unspecified atom stereocenters. The average molecular weight is 1770 g/mol. The summed E-state index contributed by atoms with van der Waals surface area (Å²) in [5.41, 5.74) is 15.6. The lowest BCUT2D eigenvalue weighted by atomic mass is 9.88. The molecule has 0 radical (unpaired) electrons. The van der Waals surface area contributed by atoms with Gasteiger partial charge in [0.2, 0.25) is 5.91 Å². The van der Waals surface area contributed by atoms with E-state index in [0.29, 0.717) is 83.6 Å². The molecule has 3 fully saturated rings. The molecule has 6 aromatic carbocycles. The lowest BCUT2D eigenvalue weighted by Crippen LogP contribution is -2.49. The van der Waals surface area contributed by atoms with Crippen molar-refractivity contribution in [3.05, 3.63) is 215 Å². The molecule has 3 aliphatic heterocycles. The minimum atomic E-state index is -0.929. The van der Waals surface area contributed by atoms with E-state index in [1.807, 2.05) is 217 Å². The van der Waals surface area contributed by atoms with Gasteiger partial charge in [-0.1, -0.05) is 259 Å². The van der Waals surface area contributed by atoms with E-state index < -0.39 is 58.6 Å². The maximum Gasteiger partial charge on any atom is 0.323 e. The van der Waals surface area contributed by atoms with Crippen LogP contribution in [-0.4, -0.2) is 184 Å². The molecule has 25 heteroatoms. The topological polar surface area (TPSA) is 385 Å². The number of hydrogen-bond donors (Lipinski definition) is 5. The Morgan fingerprint density at radius 1 is 0.354 bits per heavy atom. The zero-order chi connectivity index (χ0) is 94.1. The number of ether oxygens (including phenoxy) is 9. The predicted molar refractivity (Wildman–Crippen MR) is 492 cm³/mol. The fourth-order valence-electron chi connectivity index (χ4n) is 13.2. The maximum absolute atomic E-state index is 13.2. The summed E-state index contributed by atoms with van der Waals surface area (Å²) in [6.07, 6.45) is 4.37. The highest BCUT2D eigenvalue weighted by atomic mass is 16.6. The molecule has 0 spiro atoms. The van der Waals surface area contributed by atoms with Crippen LogP contribution in [0.15, 0.2) is 182 Å². The SMILES string of the molecule is C.CC(C)C[C@H](C)C(=O)[C@@]1(C)CO1.CC(C)C[C@H](N)C(=O)[C@@]1(C)CO1.COC[C@H](C)C(=O)C[C@@H](Cc1ccccc1)C(=O)N[C@@H](CC(C)C)C(=O)[C@@]1(C)CO1.COC[C@H](C)C(=O)C[C@@H](Cc1ccccc1)C(=O)O.COC[C@H](C)C(=O)C[C@@H](Cc1ccccc1)C(=O)OCc1ccccc1.COC[C@H](C)C(=O)O.N[C@@H](Cc1ccccc1)C(=O)OCc1ccccc1. The molecule has 3 heterocycles. The number of carboxylic acids is 2. The van der Waals surface area contributed by atoms with Crippen molar-refractivity contribution in [3.63, 3.8) is 0 Å². The van der Waals surface area contributed by atoms with Crippen molar-refractivity contribution in [2.75, 3.05) is 74.7 Å². The van der Waals surface area contributed by atoms with Gasteiger partial charge in [0.1, 0.15) is 53.4 Å². The van der Waals surface area contributed by atoms with Gasteiger partial charge in [0.15, 0.2) is 17.3 Å². The molecule has 7 N–H and O–H groups in total. The van der Waals surface area contributed by atoms with Crippen molar-refractivity contribution in [1.82, 2.24) is 5.32 Å². The molecular formula is C102H147N3O22. The van der Waals surface area contributed by atoms with E-state index in [4.69, 9.17) is 54.5 Å². The lowest BCUT2D eigenvalue weighted by Gasteiger charge is -2.25. The zero-order valence-electron chi connectivity index (χ0n) is 77.6. The maximum atomic E-state index is 13.2. The zero-order valence-corrected chi connectivity index (χ0v) is 77.6. The monoisotopic (exact) mass is 1770 g/mol. The summed E-state index contributed by atoms with van der Waals surface area (Å²) in [4.78, 5) is 132. The van der Waals surface area contributed by atoms with Gasteiger partial charge in [-0.2, -0.15) is 0 Å².